The van der Waals surface area contributed by atoms with Crippen molar-refractivity contribution in [1.29, 1.82) is 0 Å². The summed E-state index contributed by atoms with van der Waals surface area (Å²) < 4.78 is 0. The van der Waals surface area contributed by atoms with Gasteiger partial charge < -0.3 is 10.2 Å². The first-order chi connectivity index (χ1) is 8.84. The smallest absolute Gasteiger partial charge is 0.0822 e. The Morgan fingerprint density at radius 2 is 2.28 bits per heavy atom. The van der Waals surface area contributed by atoms with Gasteiger partial charge in [0.15, 0.2) is 0 Å². The molecular weight excluding hydrogens is 246 g/mol. The molecule has 1 aromatic rings. The first-order valence-corrected chi connectivity index (χ1v) is 7.29. The van der Waals surface area contributed by atoms with Gasteiger partial charge in [-0.15, -0.1) is 0 Å². The molecule has 1 saturated heterocycles. The summed E-state index contributed by atoms with van der Waals surface area (Å²) in [5.41, 5.74) is 1.17. The number of aromatic nitrogens is 1. The van der Waals surface area contributed by atoms with Gasteiger partial charge in [0.05, 0.1) is 10.7 Å². The third kappa shape index (κ3) is 2.78. The highest BCUT2D eigenvalue weighted by Gasteiger charge is 2.32. The van der Waals surface area contributed by atoms with Crippen molar-refractivity contribution in [2.24, 2.45) is 5.92 Å². The summed E-state index contributed by atoms with van der Waals surface area (Å²) in [7, 11) is 0. The van der Waals surface area contributed by atoms with Crippen LogP contribution in [0.25, 0.3) is 0 Å². The molecule has 1 N–H and O–H groups in total. The van der Waals surface area contributed by atoms with Crippen LogP contribution in [-0.2, 0) is 0 Å². The number of rotatable bonds is 4. The first-order valence-electron chi connectivity index (χ1n) is 6.91. The van der Waals surface area contributed by atoms with Gasteiger partial charge in [-0.2, -0.15) is 0 Å². The number of halogens is 1. The molecule has 0 spiro atoms. The number of anilines is 1. The Labute approximate surface area is 114 Å². The molecule has 1 aliphatic carbocycles. The van der Waals surface area contributed by atoms with Crippen LogP contribution in [0.2, 0.25) is 5.02 Å². The molecule has 0 radical (unpaired) electrons. The maximum atomic E-state index is 6.29. The predicted octanol–water partition coefficient (Wildman–Crippen LogP) is 2.70. The second-order valence-corrected chi connectivity index (χ2v) is 5.83. The summed E-state index contributed by atoms with van der Waals surface area (Å²) in [5, 5.41) is 4.28. The molecule has 3 nitrogen and oxygen atoms in total. The van der Waals surface area contributed by atoms with Crippen LogP contribution in [0.15, 0.2) is 18.5 Å². The van der Waals surface area contributed by atoms with Crippen molar-refractivity contribution in [3.8, 4) is 0 Å². The molecule has 0 bridgehead atoms. The van der Waals surface area contributed by atoms with Gasteiger partial charge in [0, 0.05) is 25.0 Å². The number of nitrogens with zero attached hydrogens (tertiary/aromatic N) is 2. The predicted molar refractivity (Wildman–Crippen MR) is 75.2 cm³/mol. The molecule has 4 heteroatoms. The molecule has 1 saturated carbocycles. The van der Waals surface area contributed by atoms with Gasteiger partial charge in [-0.05, 0) is 50.8 Å². The van der Waals surface area contributed by atoms with Crippen molar-refractivity contribution in [3.05, 3.63) is 23.5 Å². The lowest BCUT2D eigenvalue weighted by Crippen LogP contribution is -2.39. The third-order valence-electron chi connectivity index (χ3n) is 3.90. The SMILES string of the molecule is Clc1cnccc1N(CC1CCCNC1)C1CC1. The number of hydrogen-bond acceptors (Lipinski definition) is 3. The largest absolute Gasteiger partial charge is 0.367 e. The Balaban J connectivity index is 1.73. The Bertz CT molecular complexity index is 400. The molecule has 0 aromatic carbocycles. The van der Waals surface area contributed by atoms with E-state index in [9.17, 15) is 0 Å². The molecule has 2 aliphatic rings. The first kappa shape index (κ1) is 12.2. The van der Waals surface area contributed by atoms with E-state index in [1.54, 1.807) is 6.20 Å². The second-order valence-electron chi connectivity index (χ2n) is 5.42. The van der Waals surface area contributed by atoms with Gasteiger partial charge in [0.25, 0.3) is 0 Å². The molecule has 2 heterocycles. The summed E-state index contributed by atoms with van der Waals surface area (Å²) in [6.45, 7) is 3.45. The van der Waals surface area contributed by atoms with Crippen LogP contribution in [0.3, 0.4) is 0 Å². The van der Waals surface area contributed by atoms with E-state index in [1.165, 1.54) is 37.9 Å². The monoisotopic (exact) mass is 265 g/mol. The number of piperidine rings is 1. The van der Waals surface area contributed by atoms with E-state index in [1.807, 2.05) is 6.20 Å². The molecule has 18 heavy (non-hydrogen) atoms. The molecule has 1 unspecified atom stereocenters. The lowest BCUT2D eigenvalue weighted by atomic mass is 9.99. The van der Waals surface area contributed by atoms with Crippen molar-refractivity contribution in [2.45, 2.75) is 31.7 Å². The lowest BCUT2D eigenvalue weighted by molar-refractivity contribution is 0.376. The van der Waals surface area contributed by atoms with E-state index in [0.717, 1.165) is 24.0 Å². The quantitative estimate of drug-likeness (QED) is 0.907. The average Bonchev–Trinajstić information content (AvgIpc) is 3.23. The Kier molecular flexibility index (Phi) is 3.71. The number of nitrogens with one attached hydrogen (secondary N) is 1. The molecule has 2 fully saturated rings. The second kappa shape index (κ2) is 5.45. The maximum Gasteiger partial charge on any atom is 0.0822 e. The van der Waals surface area contributed by atoms with Crippen LogP contribution in [0, 0.1) is 5.92 Å². The molecule has 0 amide bonds. The summed E-state index contributed by atoms with van der Waals surface area (Å²) in [4.78, 5) is 6.58. The minimum Gasteiger partial charge on any atom is -0.367 e. The standard InChI is InChI=1S/C14H20ClN3/c15-13-9-17-7-5-14(13)18(12-3-4-12)10-11-2-1-6-16-8-11/h5,7,9,11-12,16H,1-4,6,8,10H2. The van der Waals surface area contributed by atoms with Gasteiger partial charge >= 0.3 is 0 Å². The van der Waals surface area contributed by atoms with Gasteiger partial charge in [0.2, 0.25) is 0 Å². The van der Waals surface area contributed by atoms with Crippen molar-refractivity contribution < 1.29 is 0 Å². The van der Waals surface area contributed by atoms with E-state index < -0.39 is 0 Å². The van der Waals surface area contributed by atoms with Crippen LogP contribution in [0.1, 0.15) is 25.7 Å². The summed E-state index contributed by atoms with van der Waals surface area (Å²) >= 11 is 6.29. The van der Waals surface area contributed by atoms with E-state index in [-0.39, 0.29) is 0 Å². The lowest BCUT2D eigenvalue weighted by Gasteiger charge is -2.32. The van der Waals surface area contributed by atoms with Gasteiger partial charge in [0.1, 0.15) is 0 Å². The number of pyridine rings is 1. The Hall–Kier alpha value is -0.800. The van der Waals surface area contributed by atoms with Crippen molar-refractivity contribution >= 4 is 17.3 Å². The highest BCUT2D eigenvalue weighted by Crippen LogP contribution is 2.36. The summed E-state index contributed by atoms with van der Waals surface area (Å²) in [6, 6.07) is 2.75. The van der Waals surface area contributed by atoms with Crippen molar-refractivity contribution in [2.75, 3.05) is 24.5 Å². The highest BCUT2D eigenvalue weighted by atomic mass is 35.5. The van der Waals surface area contributed by atoms with Gasteiger partial charge in [-0.25, -0.2) is 0 Å². The molecule has 1 atom stereocenters. The van der Waals surface area contributed by atoms with E-state index in [0.29, 0.717) is 6.04 Å². The normalized spacial score (nSPS) is 23.9. The van der Waals surface area contributed by atoms with Crippen LogP contribution >= 0.6 is 11.6 Å². The topological polar surface area (TPSA) is 28.2 Å². The number of hydrogen-bond donors (Lipinski definition) is 1. The summed E-state index contributed by atoms with van der Waals surface area (Å²) in [6.07, 6.45) is 8.84. The zero-order valence-corrected chi connectivity index (χ0v) is 11.4. The minimum absolute atomic E-state index is 0.701. The van der Waals surface area contributed by atoms with Crippen LogP contribution < -0.4 is 10.2 Å². The van der Waals surface area contributed by atoms with E-state index in [2.05, 4.69) is 21.3 Å². The molecule has 1 aliphatic heterocycles. The average molecular weight is 266 g/mol. The highest BCUT2D eigenvalue weighted by molar-refractivity contribution is 6.33. The van der Waals surface area contributed by atoms with E-state index >= 15 is 0 Å². The molecule has 1 aromatic heterocycles. The van der Waals surface area contributed by atoms with Crippen molar-refractivity contribution in [3.63, 3.8) is 0 Å². The molecule has 3 rings (SSSR count). The van der Waals surface area contributed by atoms with Gasteiger partial charge in [-0.1, -0.05) is 11.6 Å². The molecule has 98 valence electrons. The fourth-order valence-corrected chi connectivity index (χ4v) is 3.02. The maximum absolute atomic E-state index is 6.29. The van der Waals surface area contributed by atoms with Crippen LogP contribution in [0.5, 0.6) is 0 Å². The van der Waals surface area contributed by atoms with Crippen LogP contribution in [0.4, 0.5) is 5.69 Å². The summed E-state index contributed by atoms with van der Waals surface area (Å²) in [5.74, 6) is 0.753. The Morgan fingerprint density at radius 1 is 1.39 bits per heavy atom. The minimum atomic E-state index is 0.701. The fourth-order valence-electron chi connectivity index (χ4n) is 2.79. The third-order valence-corrected chi connectivity index (χ3v) is 4.19. The fraction of sp³-hybridized carbons (Fsp3) is 0.643. The van der Waals surface area contributed by atoms with Crippen LogP contribution in [-0.4, -0.2) is 30.7 Å². The van der Waals surface area contributed by atoms with Gasteiger partial charge in [-0.3, -0.25) is 4.98 Å². The van der Waals surface area contributed by atoms with E-state index in [4.69, 9.17) is 11.6 Å². The Morgan fingerprint density at radius 3 is 2.94 bits per heavy atom. The zero-order valence-electron chi connectivity index (χ0n) is 10.6. The molecular formula is C14H20ClN3. The van der Waals surface area contributed by atoms with Crippen molar-refractivity contribution in [1.82, 2.24) is 10.3 Å². The zero-order chi connectivity index (χ0) is 12.4.